The quantitative estimate of drug-likeness (QED) is 0.521. The highest BCUT2D eigenvalue weighted by Crippen LogP contribution is 2.19. The van der Waals surface area contributed by atoms with E-state index in [1.807, 2.05) is 5.38 Å². The first-order chi connectivity index (χ1) is 12.8. The van der Waals surface area contributed by atoms with Gasteiger partial charge in [-0.15, -0.1) is 11.3 Å². The molecule has 6 nitrogen and oxygen atoms in total. The largest absolute Gasteiger partial charge is 0.423 e. The van der Waals surface area contributed by atoms with Crippen LogP contribution in [0.5, 0.6) is 5.75 Å². The highest BCUT2D eigenvalue weighted by atomic mass is 32.2. The second kappa shape index (κ2) is 7.73. The van der Waals surface area contributed by atoms with Gasteiger partial charge >= 0.3 is 5.97 Å². The van der Waals surface area contributed by atoms with Gasteiger partial charge in [0.25, 0.3) is 5.91 Å². The van der Waals surface area contributed by atoms with Crippen LogP contribution in [0.1, 0.15) is 20.0 Å². The fourth-order valence-electron chi connectivity index (χ4n) is 2.21. The molecule has 3 aromatic rings. The number of esters is 1. The maximum atomic E-state index is 12.2. The Morgan fingerprint density at radius 1 is 0.963 bits per heavy atom. The summed E-state index contributed by atoms with van der Waals surface area (Å²) in [4.78, 5) is 24.9. The summed E-state index contributed by atoms with van der Waals surface area (Å²) in [5.41, 5.74) is 0.808. The molecule has 8 heteroatoms. The molecule has 0 aliphatic rings. The average molecular weight is 401 g/mol. The van der Waals surface area contributed by atoms with Gasteiger partial charge in [-0.1, -0.05) is 6.07 Å². The third kappa shape index (κ3) is 4.81. The third-order valence-corrected chi connectivity index (χ3v) is 5.58. The molecule has 0 aliphatic carbocycles. The predicted molar refractivity (Wildman–Crippen MR) is 103 cm³/mol. The molecule has 27 heavy (non-hydrogen) atoms. The van der Waals surface area contributed by atoms with Gasteiger partial charge in [0.05, 0.1) is 15.3 Å². The minimum absolute atomic E-state index is 0.130. The molecule has 0 bridgehead atoms. The summed E-state index contributed by atoms with van der Waals surface area (Å²) >= 11 is 1.34. The van der Waals surface area contributed by atoms with Crippen LogP contribution >= 0.6 is 11.3 Å². The Kier molecular flexibility index (Phi) is 5.38. The van der Waals surface area contributed by atoms with E-state index in [1.54, 1.807) is 36.4 Å². The number of hydrogen-bond acceptors (Lipinski definition) is 6. The minimum atomic E-state index is -3.32. The van der Waals surface area contributed by atoms with Crippen molar-refractivity contribution in [2.45, 2.75) is 4.90 Å². The molecule has 0 unspecified atom stereocenters. The van der Waals surface area contributed by atoms with Crippen molar-refractivity contribution in [2.24, 2.45) is 0 Å². The molecule has 0 fully saturated rings. The summed E-state index contributed by atoms with van der Waals surface area (Å²) in [5, 5.41) is 4.57. The van der Waals surface area contributed by atoms with Crippen LogP contribution in [0.3, 0.4) is 0 Å². The van der Waals surface area contributed by atoms with Crippen LogP contribution in [0.4, 0.5) is 5.69 Å². The highest BCUT2D eigenvalue weighted by Gasteiger charge is 2.12. The number of carbonyl (C=O) groups is 2. The molecule has 1 amide bonds. The van der Waals surface area contributed by atoms with Gasteiger partial charge < -0.3 is 10.1 Å². The standard InChI is InChI=1S/C19H15NO5S2/c1-27(23,24)16-10-4-13(5-11-16)19(22)25-15-8-6-14(7-9-15)20-18(21)17-3-2-12-26-17/h2-12H,1H3,(H,20,21). The van der Waals surface area contributed by atoms with Crippen LogP contribution in [0.2, 0.25) is 0 Å². The second-order valence-electron chi connectivity index (χ2n) is 5.64. The molecular weight excluding hydrogens is 386 g/mol. The van der Waals surface area contributed by atoms with Gasteiger partial charge in [0.2, 0.25) is 0 Å². The monoisotopic (exact) mass is 401 g/mol. The Balaban J connectivity index is 1.64. The fraction of sp³-hybridized carbons (Fsp3) is 0.0526. The number of rotatable bonds is 5. The van der Waals surface area contributed by atoms with Gasteiger partial charge in [-0.25, -0.2) is 13.2 Å². The summed E-state index contributed by atoms with van der Waals surface area (Å²) in [6, 6.07) is 15.4. The Labute approximate surface area is 160 Å². The molecule has 1 aromatic heterocycles. The van der Waals surface area contributed by atoms with E-state index in [4.69, 9.17) is 4.74 Å². The van der Waals surface area contributed by atoms with Crippen molar-refractivity contribution in [3.8, 4) is 5.75 Å². The summed E-state index contributed by atoms with van der Waals surface area (Å²) in [5.74, 6) is -0.507. The van der Waals surface area contributed by atoms with Crippen molar-refractivity contribution in [1.29, 1.82) is 0 Å². The Bertz CT molecular complexity index is 1050. The number of anilines is 1. The van der Waals surface area contributed by atoms with Crippen molar-refractivity contribution in [2.75, 3.05) is 11.6 Å². The number of amides is 1. The van der Waals surface area contributed by atoms with E-state index in [2.05, 4.69) is 5.32 Å². The van der Waals surface area contributed by atoms with Crippen molar-refractivity contribution in [1.82, 2.24) is 0 Å². The highest BCUT2D eigenvalue weighted by molar-refractivity contribution is 7.90. The summed E-state index contributed by atoms with van der Waals surface area (Å²) in [7, 11) is -3.32. The van der Waals surface area contributed by atoms with Crippen molar-refractivity contribution < 1.29 is 22.7 Å². The number of sulfone groups is 1. The van der Waals surface area contributed by atoms with E-state index in [1.165, 1.54) is 35.6 Å². The Morgan fingerprint density at radius 2 is 1.63 bits per heavy atom. The number of benzene rings is 2. The molecule has 1 N–H and O–H groups in total. The first kappa shape index (κ1) is 18.8. The molecule has 1 heterocycles. The van der Waals surface area contributed by atoms with Crippen molar-refractivity contribution >= 4 is 38.7 Å². The normalized spacial score (nSPS) is 11.0. The fourth-order valence-corrected chi connectivity index (χ4v) is 3.46. The smallest absolute Gasteiger partial charge is 0.343 e. The third-order valence-electron chi connectivity index (χ3n) is 3.59. The summed E-state index contributed by atoms with van der Waals surface area (Å²) < 4.78 is 28.1. The van der Waals surface area contributed by atoms with Gasteiger partial charge in [-0.05, 0) is 60.0 Å². The molecular formula is C19H15NO5S2. The Morgan fingerprint density at radius 3 is 2.19 bits per heavy atom. The lowest BCUT2D eigenvalue weighted by atomic mass is 10.2. The van der Waals surface area contributed by atoms with Crippen LogP contribution in [0.15, 0.2) is 70.9 Å². The first-order valence-corrected chi connectivity index (χ1v) is 10.6. The maximum Gasteiger partial charge on any atom is 0.343 e. The van der Waals surface area contributed by atoms with E-state index in [-0.39, 0.29) is 16.4 Å². The number of hydrogen-bond donors (Lipinski definition) is 1. The van der Waals surface area contributed by atoms with E-state index in [0.717, 1.165) is 6.26 Å². The van der Waals surface area contributed by atoms with Crippen LogP contribution in [-0.2, 0) is 9.84 Å². The molecule has 0 atom stereocenters. The number of carbonyl (C=O) groups excluding carboxylic acids is 2. The molecule has 138 valence electrons. The predicted octanol–water partition coefficient (Wildman–Crippen LogP) is 3.62. The minimum Gasteiger partial charge on any atom is -0.423 e. The van der Waals surface area contributed by atoms with E-state index < -0.39 is 15.8 Å². The number of ether oxygens (including phenoxy) is 1. The van der Waals surface area contributed by atoms with Gasteiger partial charge in [-0.3, -0.25) is 4.79 Å². The summed E-state index contributed by atoms with van der Waals surface area (Å²) in [6.07, 6.45) is 1.10. The molecule has 0 saturated heterocycles. The molecule has 0 radical (unpaired) electrons. The van der Waals surface area contributed by atoms with E-state index in [0.29, 0.717) is 16.3 Å². The maximum absolute atomic E-state index is 12.2. The Hall–Kier alpha value is -2.97. The average Bonchev–Trinajstić information content (AvgIpc) is 3.17. The zero-order chi connectivity index (χ0) is 19.4. The molecule has 0 spiro atoms. The number of thiophene rings is 1. The zero-order valence-corrected chi connectivity index (χ0v) is 15.8. The van der Waals surface area contributed by atoms with Crippen LogP contribution in [-0.4, -0.2) is 26.6 Å². The molecule has 2 aromatic carbocycles. The lowest BCUT2D eigenvalue weighted by molar-refractivity contribution is 0.0734. The van der Waals surface area contributed by atoms with Crippen LogP contribution in [0, 0.1) is 0 Å². The van der Waals surface area contributed by atoms with Crippen LogP contribution in [0.25, 0.3) is 0 Å². The lowest BCUT2D eigenvalue weighted by Crippen LogP contribution is -2.11. The second-order valence-corrected chi connectivity index (χ2v) is 8.61. The van der Waals surface area contributed by atoms with Gasteiger partial charge in [0.1, 0.15) is 5.75 Å². The van der Waals surface area contributed by atoms with Crippen molar-refractivity contribution in [3.05, 3.63) is 76.5 Å². The molecule has 0 aliphatic heterocycles. The zero-order valence-electron chi connectivity index (χ0n) is 14.2. The van der Waals surface area contributed by atoms with Crippen LogP contribution < -0.4 is 10.1 Å². The molecule has 3 rings (SSSR count). The van der Waals surface area contributed by atoms with E-state index in [9.17, 15) is 18.0 Å². The van der Waals surface area contributed by atoms with Gasteiger partial charge in [0, 0.05) is 11.9 Å². The van der Waals surface area contributed by atoms with Gasteiger partial charge in [0.15, 0.2) is 9.84 Å². The van der Waals surface area contributed by atoms with Gasteiger partial charge in [-0.2, -0.15) is 0 Å². The SMILES string of the molecule is CS(=O)(=O)c1ccc(C(=O)Oc2ccc(NC(=O)c3cccs3)cc2)cc1. The lowest BCUT2D eigenvalue weighted by Gasteiger charge is -2.07. The summed E-state index contributed by atoms with van der Waals surface area (Å²) in [6.45, 7) is 0. The number of nitrogens with one attached hydrogen (secondary N) is 1. The topological polar surface area (TPSA) is 89.5 Å². The molecule has 0 saturated carbocycles. The van der Waals surface area contributed by atoms with E-state index >= 15 is 0 Å². The van der Waals surface area contributed by atoms with Crippen molar-refractivity contribution in [3.63, 3.8) is 0 Å². The first-order valence-electron chi connectivity index (χ1n) is 7.80.